The molecule has 18 heavy (non-hydrogen) atoms. The fourth-order valence-corrected chi connectivity index (χ4v) is 2.16. The molecule has 4 nitrogen and oxygen atoms in total. The van der Waals surface area contributed by atoms with Crippen LogP contribution in [0, 0.1) is 13.8 Å². The van der Waals surface area contributed by atoms with Gasteiger partial charge in [0.15, 0.2) is 0 Å². The van der Waals surface area contributed by atoms with Crippen molar-refractivity contribution in [2.24, 2.45) is 0 Å². The average molecular weight is 310 g/mol. The van der Waals surface area contributed by atoms with E-state index in [1.807, 2.05) is 39.1 Å². The number of hydrogen-bond acceptors (Lipinski definition) is 2. The first kappa shape index (κ1) is 13.1. The summed E-state index contributed by atoms with van der Waals surface area (Å²) in [6.45, 7) is 4.49. The average Bonchev–Trinajstić information content (AvgIpc) is 2.61. The van der Waals surface area contributed by atoms with Gasteiger partial charge in [-0.3, -0.25) is 9.89 Å². The van der Waals surface area contributed by atoms with E-state index in [9.17, 15) is 4.79 Å². The van der Waals surface area contributed by atoms with E-state index in [1.54, 1.807) is 4.68 Å². The van der Waals surface area contributed by atoms with Crippen LogP contribution >= 0.6 is 15.9 Å². The van der Waals surface area contributed by atoms with Crippen LogP contribution in [0.2, 0.25) is 0 Å². The molecule has 0 aliphatic heterocycles. The van der Waals surface area contributed by atoms with Crippen molar-refractivity contribution < 1.29 is 0 Å². The van der Waals surface area contributed by atoms with Crippen LogP contribution in [-0.4, -0.2) is 16.8 Å². The lowest BCUT2D eigenvalue weighted by Crippen LogP contribution is -2.20. The molecule has 0 amide bonds. The Morgan fingerprint density at radius 3 is 2.72 bits per heavy atom. The van der Waals surface area contributed by atoms with Crippen molar-refractivity contribution >= 4 is 15.9 Å². The molecule has 0 spiro atoms. The van der Waals surface area contributed by atoms with E-state index < -0.39 is 0 Å². The summed E-state index contributed by atoms with van der Waals surface area (Å²) in [4.78, 5) is 12.3. The summed E-state index contributed by atoms with van der Waals surface area (Å²) in [7, 11) is 1.83. The number of rotatable bonds is 3. The van der Waals surface area contributed by atoms with Crippen LogP contribution in [0.3, 0.4) is 0 Å². The molecular weight excluding hydrogens is 294 g/mol. The Morgan fingerprint density at radius 2 is 2.11 bits per heavy atom. The van der Waals surface area contributed by atoms with Crippen molar-refractivity contribution in [2.75, 3.05) is 7.05 Å². The fraction of sp³-hybridized carbons (Fsp3) is 0.308. The molecule has 2 rings (SSSR count). The van der Waals surface area contributed by atoms with Gasteiger partial charge in [0.25, 0.3) is 5.56 Å². The summed E-state index contributed by atoms with van der Waals surface area (Å²) >= 11 is 3.46. The molecule has 0 aliphatic carbocycles. The maximum absolute atomic E-state index is 12.3. The lowest BCUT2D eigenvalue weighted by molar-refractivity contribution is 0.801. The molecule has 1 aromatic carbocycles. The molecule has 0 radical (unpaired) electrons. The monoisotopic (exact) mass is 309 g/mol. The van der Waals surface area contributed by atoms with E-state index >= 15 is 0 Å². The zero-order chi connectivity index (χ0) is 13.3. The topological polar surface area (TPSA) is 49.8 Å². The number of aromatic nitrogens is 2. The summed E-state index contributed by atoms with van der Waals surface area (Å²) in [5, 5.41) is 6.12. The van der Waals surface area contributed by atoms with Gasteiger partial charge in [-0.25, -0.2) is 4.68 Å². The van der Waals surface area contributed by atoms with Crippen LogP contribution in [0.25, 0.3) is 5.69 Å². The zero-order valence-corrected chi connectivity index (χ0v) is 12.3. The van der Waals surface area contributed by atoms with E-state index in [4.69, 9.17) is 0 Å². The van der Waals surface area contributed by atoms with Crippen LogP contribution in [0.4, 0.5) is 0 Å². The summed E-state index contributed by atoms with van der Waals surface area (Å²) in [6, 6.07) is 5.84. The molecule has 1 heterocycles. The van der Waals surface area contributed by atoms with Crippen molar-refractivity contribution in [1.82, 2.24) is 15.1 Å². The highest BCUT2D eigenvalue weighted by Gasteiger charge is 2.11. The van der Waals surface area contributed by atoms with Gasteiger partial charge in [0.1, 0.15) is 0 Å². The molecule has 2 aromatic rings. The first-order chi connectivity index (χ1) is 8.54. The Bertz CT molecular complexity index is 628. The second-order valence-electron chi connectivity index (χ2n) is 4.32. The van der Waals surface area contributed by atoms with Crippen LogP contribution < -0.4 is 10.9 Å². The number of hydrogen-bond donors (Lipinski definition) is 2. The smallest absolute Gasteiger partial charge is 0.275 e. The van der Waals surface area contributed by atoms with Crippen LogP contribution in [-0.2, 0) is 6.54 Å². The van der Waals surface area contributed by atoms with Crippen molar-refractivity contribution in [2.45, 2.75) is 20.4 Å². The zero-order valence-electron chi connectivity index (χ0n) is 10.7. The van der Waals surface area contributed by atoms with Gasteiger partial charge in [-0.1, -0.05) is 15.9 Å². The maximum atomic E-state index is 12.3. The van der Waals surface area contributed by atoms with Gasteiger partial charge in [-0.2, -0.15) is 0 Å². The third kappa shape index (κ3) is 2.28. The highest BCUT2D eigenvalue weighted by molar-refractivity contribution is 9.10. The number of benzene rings is 1. The highest BCUT2D eigenvalue weighted by atomic mass is 79.9. The second-order valence-corrected chi connectivity index (χ2v) is 5.17. The molecule has 0 saturated carbocycles. The Balaban J connectivity index is 2.54. The van der Waals surface area contributed by atoms with Gasteiger partial charge >= 0.3 is 0 Å². The van der Waals surface area contributed by atoms with E-state index in [-0.39, 0.29) is 5.56 Å². The minimum atomic E-state index is 0.00331. The first-order valence-electron chi connectivity index (χ1n) is 5.76. The van der Waals surface area contributed by atoms with Gasteiger partial charge in [-0.15, -0.1) is 0 Å². The molecule has 2 N–H and O–H groups in total. The van der Waals surface area contributed by atoms with E-state index in [0.29, 0.717) is 6.54 Å². The van der Waals surface area contributed by atoms with Gasteiger partial charge in [0.2, 0.25) is 0 Å². The molecule has 5 heteroatoms. The third-order valence-electron chi connectivity index (χ3n) is 2.95. The Kier molecular flexibility index (Phi) is 3.73. The van der Waals surface area contributed by atoms with Crippen molar-refractivity contribution in [3.63, 3.8) is 0 Å². The molecule has 0 atom stereocenters. The van der Waals surface area contributed by atoms with E-state index in [2.05, 4.69) is 26.3 Å². The fourth-order valence-electron chi connectivity index (χ4n) is 1.92. The first-order valence-corrected chi connectivity index (χ1v) is 6.55. The number of nitrogens with one attached hydrogen (secondary N) is 2. The largest absolute Gasteiger partial charge is 0.315 e. The maximum Gasteiger partial charge on any atom is 0.275 e. The van der Waals surface area contributed by atoms with Crippen molar-refractivity contribution in [3.8, 4) is 5.69 Å². The molecule has 0 fully saturated rings. The number of halogens is 1. The van der Waals surface area contributed by atoms with E-state index in [0.717, 1.165) is 27.0 Å². The SMILES string of the molecule is CNCc1c(C)[nH]n(-c2ccc(Br)c(C)c2)c1=O. The van der Waals surface area contributed by atoms with Crippen LogP contribution in [0.1, 0.15) is 16.8 Å². The van der Waals surface area contributed by atoms with Gasteiger partial charge in [0, 0.05) is 16.7 Å². The van der Waals surface area contributed by atoms with Crippen molar-refractivity contribution in [3.05, 3.63) is 49.8 Å². The number of H-pyrrole nitrogens is 1. The summed E-state index contributed by atoms with van der Waals surface area (Å²) in [5.74, 6) is 0. The molecule has 0 saturated heterocycles. The summed E-state index contributed by atoms with van der Waals surface area (Å²) in [5.41, 5.74) is 3.63. The molecular formula is C13H16BrN3O. The Labute approximate surface area is 114 Å². The van der Waals surface area contributed by atoms with Crippen LogP contribution in [0.15, 0.2) is 27.5 Å². The number of aromatic amines is 1. The summed E-state index contributed by atoms with van der Waals surface area (Å²) < 4.78 is 2.62. The lowest BCUT2D eigenvalue weighted by atomic mass is 10.2. The number of aryl methyl sites for hydroxylation is 2. The minimum absolute atomic E-state index is 0.00331. The van der Waals surface area contributed by atoms with Gasteiger partial charge in [0.05, 0.1) is 11.3 Å². The summed E-state index contributed by atoms with van der Waals surface area (Å²) in [6.07, 6.45) is 0. The molecule has 0 aliphatic rings. The standard InChI is InChI=1S/C13H16BrN3O/c1-8-6-10(4-5-12(8)14)17-13(18)11(7-15-3)9(2)16-17/h4-6,15-16H,7H2,1-3H3. The van der Waals surface area contributed by atoms with Crippen LogP contribution in [0.5, 0.6) is 0 Å². The van der Waals surface area contributed by atoms with Crippen molar-refractivity contribution in [1.29, 1.82) is 0 Å². The molecule has 1 aromatic heterocycles. The van der Waals surface area contributed by atoms with Gasteiger partial charge in [-0.05, 0) is 44.7 Å². The van der Waals surface area contributed by atoms with E-state index in [1.165, 1.54) is 0 Å². The lowest BCUT2D eigenvalue weighted by Gasteiger charge is -2.04. The quantitative estimate of drug-likeness (QED) is 0.914. The molecule has 0 bridgehead atoms. The Hall–Kier alpha value is -1.33. The predicted molar refractivity (Wildman–Crippen MR) is 76.3 cm³/mol. The molecule has 0 unspecified atom stereocenters. The predicted octanol–water partition coefficient (Wildman–Crippen LogP) is 2.26. The Morgan fingerprint density at radius 1 is 1.39 bits per heavy atom. The second kappa shape index (κ2) is 5.12. The third-order valence-corrected chi connectivity index (χ3v) is 3.84. The number of nitrogens with zero attached hydrogens (tertiary/aromatic N) is 1. The van der Waals surface area contributed by atoms with Gasteiger partial charge < -0.3 is 5.32 Å². The minimum Gasteiger partial charge on any atom is -0.315 e. The normalized spacial score (nSPS) is 10.9. The molecule has 96 valence electrons. The highest BCUT2D eigenvalue weighted by Crippen LogP contribution is 2.18.